The molecule has 120 valence electrons. The lowest BCUT2D eigenvalue weighted by Crippen LogP contribution is -2.37. The summed E-state index contributed by atoms with van der Waals surface area (Å²) in [5.41, 5.74) is 0. The summed E-state index contributed by atoms with van der Waals surface area (Å²) in [6.07, 6.45) is 9.05. The molecule has 2 aromatic heterocycles. The molecule has 1 amide bonds. The van der Waals surface area contributed by atoms with E-state index in [0.29, 0.717) is 11.7 Å². The van der Waals surface area contributed by atoms with Crippen LogP contribution in [0.3, 0.4) is 0 Å². The van der Waals surface area contributed by atoms with Crippen molar-refractivity contribution < 1.29 is 9.21 Å². The van der Waals surface area contributed by atoms with E-state index >= 15 is 0 Å². The lowest BCUT2D eigenvalue weighted by Gasteiger charge is -2.30. The van der Waals surface area contributed by atoms with Crippen LogP contribution in [0.15, 0.2) is 28.9 Å². The molecule has 0 spiro atoms. The summed E-state index contributed by atoms with van der Waals surface area (Å²) in [7, 11) is 0. The molecular weight excluding hydrogens is 292 g/mol. The van der Waals surface area contributed by atoms with Crippen LogP contribution in [0.4, 0.5) is 0 Å². The summed E-state index contributed by atoms with van der Waals surface area (Å²) in [6.45, 7) is 2.59. The van der Waals surface area contributed by atoms with Crippen LogP contribution >= 0.6 is 0 Å². The minimum absolute atomic E-state index is 0.0475. The average molecular weight is 312 g/mol. The first kappa shape index (κ1) is 14.2. The van der Waals surface area contributed by atoms with Crippen LogP contribution in [0, 0.1) is 0 Å². The summed E-state index contributed by atoms with van der Waals surface area (Å²) in [5.74, 6) is 3.42. The van der Waals surface area contributed by atoms with E-state index in [1.165, 1.54) is 6.42 Å². The first-order chi connectivity index (χ1) is 11.3. The van der Waals surface area contributed by atoms with Crippen LogP contribution in [0.2, 0.25) is 0 Å². The third kappa shape index (κ3) is 2.81. The topological polar surface area (TPSA) is 64.2 Å². The minimum Gasteiger partial charge on any atom is -0.465 e. The molecule has 0 atom stereocenters. The number of aromatic nitrogens is 3. The van der Waals surface area contributed by atoms with Crippen molar-refractivity contribution in [1.29, 1.82) is 0 Å². The maximum Gasteiger partial charge on any atom is 0.246 e. The molecule has 6 heteroatoms. The molecule has 1 saturated heterocycles. The number of carbonyl (C=O) groups is 1. The van der Waals surface area contributed by atoms with E-state index in [2.05, 4.69) is 14.8 Å². The van der Waals surface area contributed by atoms with Crippen molar-refractivity contribution in [2.75, 3.05) is 13.1 Å². The van der Waals surface area contributed by atoms with E-state index in [4.69, 9.17) is 4.42 Å². The number of carbonyl (C=O) groups excluding carboxylic acids is 1. The second-order valence-corrected chi connectivity index (χ2v) is 6.18. The van der Waals surface area contributed by atoms with Gasteiger partial charge in [0.15, 0.2) is 0 Å². The molecule has 6 nitrogen and oxygen atoms in total. The number of aryl methyl sites for hydroxylation is 1. The largest absolute Gasteiger partial charge is 0.465 e. The van der Waals surface area contributed by atoms with Crippen LogP contribution in [0.1, 0.15) is 42.6 Å². The van der Waals surface area contributed by atoms with E-state index in [1.54, 1.807) is 18.4 Å². The Labute approximate surface area is 134 Å². The third-order valence-corrected chi connectivity index (χ3v) is 4.74. The maximum absolute atomic E-state index is 12.2. The Morgan fingerprint density at radius 2 is 2.13 bits per heavy atom. The van der Waals surface area contributed by atoms with Gasteiger partial charge in [-0.25, -0.2) is 0 Å². The maximum atomic E-state index is 12.2. The summed E-state index contributed by atoms with van der Waals surface area (Å²) < 4.78 is 7.48. The first-order valence-electron chi connectivity index (χ1n) is 8.24. The number of hydrogen-bond donors (Lipinski definition) is 0. The molecule has 0 aromatic carbocycles. The minimum atomic E-state index is 0.0475. The summed E-state index contributed by atoms with van der Waals surface area (Å²) in [5, 5.41) is 8.68. The van der Waals surface area contributed by atoms with Gasteiger partial charge in [-0.15, -0.1) is 10.2 Å². The lowest BCUT2D eigenvalue weighted by atomic mass is 9.96. The number of rotatable bonds is 3. The monoisotopic (exact) mass is 312 g/mol. The van der Waals surface area contributed by atoms with Gasteiger partial charge in [0.25, 0.3) is 0 Å². The number of piperidine rings is 1. The number of likely N-dealkylation sites (tertiary alicyclic amines) is 1. The zero-order valence-electron chi connectivity index (χ0n) is 13.0. The predicted molar refractivity (Wildman–Crippen MR) is 84.6 cm³/mol. The zero-order chi connectivity index (χ0) is 15.6. The van der Waals surface area contributed by atoms with Crippen molar-refractivity contribution in [3.8, 4) is 0 Å². The highest BCUT2D eigenvalue weighted by molar-refractivity contribution is 5.91. The summed E-state index contributed by atoms with van der Waals surface area (Å²) in [4.78, 5) is 14.1. The Bertz CT molecular complexity index is 709. The normalized spacial score (nSPS) is 18.7. The highest BCUT2D eigenvalue weighted by atomic mass is 16.3. The van der Waals surface area contributed by atoms with Gasteiger partial charge in [0.1, 0.15) is 17.4 Å². The lowest BCUT2D eigenvalue weighted by molar-refractivity contribution is -0.127. The number of fused-ring (bicyclic) bond motifs is 1. The van der Waals surface area contributed by atoms with Gasteiger partial charge >= 0.3 is 0 Å². The van der Waals surface area contributed by atoms with Crippen LogP contribution in [0.5, 0.6) is 0 Å². The van der Waals surface area contributed by atoms with Gasteiger partial charge in [-0.1, -0.05) is 0 Å². The second-order valence-electron chi connectivity index (χ2n) is 6.18. The van der Waals surface area contributed by atoms with Crippen molar-refractivity contribution in [2.24, 2.45) is 0 Å². The molecule has 0 radical (unpaired) electrons. The van der Waals surface area contributed by atoms with Gasteiger partial charge in [0, 0.05) is 38.0 Å². The number of nitrogens with zero attached hydrogens (tertiary/aromatic N) is 4. The Balaban J connectivity index is 1.36. The van der Waals surface area contributed by atoms with Crippen molar-refractivity contribution in [3.63, 3.8) is 0 Å². The first-order valence-corrected chi connectivity index (χ1v) is 8.24. The number of hydrogen-bond acceptors (Lipinski definition) is 4. The predicted octanol–water partition coefficient (Wildman–Crippen LogP) is 2.24. The third-order valence-electron chi connectivity index (χ3n) is 4.74. The summed E-state index contributed by atoms with van der Waals surface area (Å²) in [6, 6.07) is 3.65. The molecule has 0 unspecified atom stereocenters. The van der Waals surface area contributed by atoms with Crippen molar-refractivity contribution in [1.82, 2.24) is 19.7 Å². The Morgan fingerprint density at radius 1 is 1.26 bits per heavy atom. The number of furan rings is 1. The Hall–Kier alpha value is -2.37. The van der Waals surface area contributed by atoms with Crippen molar-refractivity contribution >= 4 is 12.0 Å². The van der Waals surface area contributed by atoms with Crippen LogP contribution in [-0.4, -0.2) is 38.7 Å². The quantitative estimate of drug-likeness (QED) is 0.815. The number of amides is 1. The highest BCUT2D eigenvalue weighted by Crippen LogP contribution is 2.29. The molecule has 0 saturated carbocycles. The van der Waals surface area contributed by atoms with E-state index in [9.17, 15) is 4.79 Å². The molecule has 2 aliphatic heterocycles. The van der Waals surface area contributed by atoms with Crippen LogP contribution < -0.4 is 0 Å². The Kier molecular flexibility index (Phi) is 3.73. The fourth-order valence-electron chi connectivity index (χ4n) is 3.48. The average Bonchev–Trinajstić information content (AvgIpc) is 3.30. The molecule has 4 rings (SSSR count). The molecule has 2 aliphatic rings. The SMILES string of the molecule is O=C(/C=C/c1ccco1)N1CCC(c2nnc3n2CCC3)CC1. The molecule has 0 bridgehead atoms. The van der Waals surface area contributed by atoms with Gasteiger partial charge in [0.2, 0.25) is 5.91 Å². The van der Waals surface area contributed by atoms with Gasteiger partial charge in [-0.2, -0.15) is 0 Å². The molecule has 23 heavy (non-hydrogen) atoms. The van der Waals surface area contributed by atoms with Crippen molar-refractivity contribution in [3.05, 3.63) is 41.9 Å². The molecule has 1 fully saturated rings. The standard InChI is InChI=1S/C17H20N4O2/c22-16(6-5-14-3-2-12-23-14)20-10-7-13(8-11-20)17-19-18-15-4-1-9-21(15)17/h2-3,5-6,12-13H,1,4,7-11H2/b6-5+. The molecular formula is C17H20N4O2. The molecule has 2 aromatic rings. The van der Waals surface area contributed by atoms with Gasteiger partial charge in [-0.3, -0.25) is 4.79 Å². The smallest absolute Gasteiger partial charge is 0.246 e. The Morgan fingerprint density at radius 3 is 2.91 bits per heavy atom. The van der Waals surface area contributed by atoms with E-state index < -0.39 is 0 Å². The van der Waals surface area contributed by atoms with E-state index in [1.807, 2.05) is 17.0 Å². The van der Waals surface area contributed by atoms with E-state index in [-0.39, 0.29) is 5.91 Å². The highest BCUT2D eigenvalue weighted by Gasteiger charge is 2.28. The molecule has 4 heterocycles. The van der Waals surface area contributed by atoms with Crippen molar-refractivity contribution in [2.45, 2.75) is 38.1 Å². The van der Waals surface area contributed by atoms with Crippen LogP contribution in [0.25, 0.3) is 6.08 Å². The van der Waals surface area contributed by atoms with Gasteiger partial charge in [0.05, 0.1) is 6.26 Å². The van der Waals surface area contributed by atoms with Gasteiger partial charge in [-0.05, 0) is 37.5 Å². The van der Waals surface area contributed by atoms with E-state index in [0.717, 1.165) is 50.5 Å². The molecule has 0 N–H and O–H groups in total. The summed E-state index contributed by atoms with van der Waals surface area (Å²) >= 11 is 0. The fourth-order valence-corrected chi connectivity index (χ4v) is 3.48. The second kappa shape index (κ2) is 6.02. The fraction of sp³-hybridized carbons (Fsp3) is 0.471. The van der Waals surface area contributed by atoms with Crippen LogP contribution in [-0.2, 0) is 17.8 Å². The zero-order valence-corrected chi connectivity index (χ0v) is 13.0. The van der Waals surface area contributed by atoms with Gasteiger partial charge < -0.3 is 13.9 Å². The molecule has 0 aliphatic carbocycles.